The molecule has 0 bridgehead atoms. The maximum Gasteiger partial charge on any atom is 0.433 e. The Morgan fingerprint density at radius 3 is 2.40 bits per heavy atom. The van der Waals surface area contributed by atoms with E-state index < -0.39 is 32.4 Å². The van der Waals surface area contributed by atoms with Crippen LogP contribution < -0.4 is 0 Å². The van der Waals surface area contributed by atoms with Crippen LogP contribution in [0.25, 0.3) is 0 Å². The summed E-state index contributed by atoms with van der Waals surface area (Å²) in [4.78, 5) is 13.9. The number of alkyl halides is 3. The molecule has 0 aliphatic heterocycles. The third kappa shape index (κ3) is 2.74. The first-order valence-electron chi connectivity index (χ1n) is 5.74. The van der Waals surface area contributed by atoms with Crippen LogP contribution in [0.5, 0.6) is 0 Å². The van der Waals surface area contributed by atoms with Gasteiger partial charge in [-0.1, -0.05) is 6.08 Å². The van der Waals surface area contributed by atoms with Crippen molar-refractivity contribution >= 4 is 15.6 Å². The van der Waals surface area contributed by atoms with E-state index in [2.05, 4.69) is 4.98 Å². The van der Waals surface area contributed by atoms with E-state index in [0.29, 0.717) is 25.1 Å². The Kier molecular flexibility index (Phi) is 3.68. The lowest BCUT2D eigenvalue weighted by atomic mass is 10.1. The minimum atomic E-state index is -4.64. The number of hydrogen-bond donors (Lipinski definition) is 0. The summed E-state index contributed by atoms with van der Waals surface area (Å²) in [7, 11) is -4.09. The van der Waals surface area contributed by atoms with Crippen molar-refractivity contribution < 1.29 is 26.4 Å². The molecule has 0 radical (unpaired) electrons. The molecule has 8 heteroatoms. The molecule has 1 aliphatic rings. The van der Waals surface area contributed by atoms with Crippen molar-refractivity contribution in [2.45, 2.75) is 30.3 Å². The molecule has 0 spiro atoms. The molecule has 0 fully saturated rings. The summed E-state index contributed by atoms with van der Waals surface area (Å²) in [5, 5.41) is 0. The first-order valence-corrected chi connectivity index (χ1v) is 7.23. The Bertz CT molecular complexity index is 660. The molecule has 0 amide bonds. The smallest absolute Gasteiger partial charge is 0.293 e. The Morgan fingerprint density at radius 1 is 1.20 bits per heavy atom. The van der Waals surface area contributed by atoms with Crippen LogP contribution in [0.3, 0.4) is 0 Å². The number of nitrogens with zero attached hydrogens (tertiary/aromatic N) is 1. The van der Waals surface area contributed by atoms with Gasteiger partial charge in [-0.25, -0.2) is 8.42 Å². The normalized spacial score (nSPS) is 16.9. The lowest BCUT2D eigenvalue weighted by Gasteiger charge is -2.12. The van der Waals surface area contributed by atoms with Gasteiger partial charge in [-0.2, -0.15) is 13.2 Å². The zero-order chi connectivity index (χ0) is 15.0. The van der Waals surface area contributed by atoms with Gasteiger partial charge in [0.2, 0.25) is 9.84 Å². The molecule has 1 aromatic rings. The van der Waals surface area contributed by atoms with E-state index >= 15 is 0 Å². The molecular formula is C12H10F3NO3S. The van der Waals surface area contributed by atoms with Gasteiger partial charge in [0.15, 0.2) is 5.78 Å². The second kappa shape index (κ2) is 5.01. The maximum absolute atomic E-state index is 12.4. The number of allylic oxidation sites excluding steroid dienone is 2. The van der Waals surface area contributed by atoms with E-state index in [1.807, 2.05) is 0 Å². The number of sulfone groups is 1. The van der Waals surface area contributed by atoms with Gasteiger partial charge in [-0.15, -0.1) is 0 Å². The molecule has 2 rings (SSSR count). The molecular weight excluding hydrogens is 295 g/mol. The molecule has 1 heterocycles. The maximum atomic E-state index is 12.4. The number of hydrogen-bond acceptors (Lipinski definition) is 4. The number of aromatic nitrogens is 1. The van der Waals surface area contributed by atoms with Gasteiger partial charge in [0.25, 0.3) is 0 Å². The molecule has 0 aromatic carbocycles. The highest BCUT2D eigenvalue weighted by Gasteiger charge is 2.34. The SMILES string of the molecule is O=C1CCCC=C1S(=O)(=O)c1ccc(C(F)(F)F)nc1. The highest BCUT2D eigenvalue weighted by atomic mass is 32.2. The van der Waals surface area contributed by atoms with Crippen LogP contribution in [0.4, 0.5) is 13.2 Å². The molecule has 1 aromatic heterocycles. The average Bonchev–Trinajstić information content (AvgIpc) is 2.38. The number of ketones is 1. The van der Waals surface area contributed by atoms with Gasteiger partial charge in [-0.3, -0.25) is 9.78 Å². The van der Waals surface area contributed by atoms with Crippen LogP contribution in [0.1, 0.15) is 25.0 Å². The lowest BCUT2D eigenvalue weighted by Crippen LogP contribution is -2.17. The van der Waals surface area contributed by atoms with Crippen molar-refractivity contribution in [1.82, 2.24) is 4.98 Å². The van der Waals surface area contributed by atoms with Crippen LogP contribution in [-0.4, -0.2) is 19.2 Å². The van der Waals surface area contributed by atoms with Crippen molar-refractivity contribution in [2.24, 2.45) is 0 Å². The summed E-state index contributed by atoms with van der Waals surface area (Å²) in [6, 6.07) is 1.40. The third-order valence-corrected chi connectivity index (χ3v) is 4.67. The molecule has 4 nitrogen and oxygen atoms in total. The van der Waals surface area contributed by atoms with Gasteiger partial charge in [0, 0.05) is 12.6 Å². The summed E-state index contributed by atoms with van der Waals surface area (Å²) >= 11 is 0. The molecule has 0 atom stereocenters. The number of carbonyl (C=O) groups excluding carboxylic acids is 1. The van der Waals surface area contributed by atoms with Gasteiger partial charge < -0.3 is 0 Å². The van der Waals surface area contributed by atoms with E-state index in [1.54, 1.807) is 0 Å². The van der Waals surface area contributed by atoms with Crippen molar-refractivity contribution in [1.29, 1.82) is 0 Å². The number of rotatable bonds is 2. The van der Waals surface area contributed by atoms with E-state index in [9.17, 15) is 26.4 Å². The lowest BCUT2D eigenvalue weighted by molar-refractivity contribution is -0.141. The largest absolute Gasteiger partial charge is 0.433 e. The zero-order valence-corrected chi connectivity index (χ0v) is 11.0. The Morgan fingerprint density at radius 2 is 1.90 bits per heavy atom. The van der Waals surface area contributed by atoms with Crippen molar-refractivity contribution in [3.63, 3.8) is 0 Å². The highest BCUT2D eigenvalue weighted by molar-refractivity contribution is 7.96. The molecule has 0 saturated heterocycles. The van der Waals surface area contributed by atoms with Crippen LogP contribution in [0.15, 0.2) is 34.2 Å². The minimum Gasteiger partial charge on any atom is -0.293 e. The Labute approximate surface area is 113 Å². The van der Waals surface area contributed by atoms with Crippen LogP contribution in [0.2, 0.25) is 0 Å². The topological polar surface area (TPSA) is 64.1 Å². The summed E-state index contributed by atoms with van der Waals surface area (Å²) in [5.74, 6) is -0.517. The number of Topliss-reactive ketones (excluding diaryl/α,β-unsaturated/α-hetero) is 1. The highest BCUT2D eigenvalue weighted by Crippen LogP contribution is 2.29. The number of halogens is 3. The molecule has 1 aliphatic carbocycles. The van der Waals surface area contributed by atoms with Gasteiger partial charge >= 0.3 is 6.18 Å². The average molecular weight is 305 g/mol. The summed E-state index contributed by atoms with van der Waals surface area (Å²) in [6.07, 6.45) is -1.56. The van der Waals surface area contributed by atoms with Crippen molar-refractivity contribution in [2.75, 3.05) is 0 Å². The van der Waals surface area contributed by atoms with Crippen molar-refractivity contribution in [3.05, 3.63) is 35.0 Å². The molecule has 0 saturated carbocycles. The Balaban J connectivity index is 2.40. The second-order valence-corrected chi connectivity index (χ2v) is 6.18. The van der Waals surface area contributed by atoms with Gasteiger partial charge in [0.1, 0.15) is 10.6 Å². The number of carbonyl (C=O) groups is 1. The van der Waals surface area contributed by atoms with Gasteiger partial charge in [-0.05, 0) is 25.0 Å². The fourth-order valence-electron chi connectivity index (χ4n) is 1.83. The molecule has 108 valence electrons. The second-order valence-electron chi connectivity index (χ2n) is 4.26. The fraction of sp³-hybridized carbons (Fsp3) is 0.333. The third-order valence-electron chi connectivity index (χ3n) is 2.84. The summed E-state index contributed by atoms with van der Waals surface area (Å²) in [6.45, 7) is 0. The van der Waals surface area contributed by atoms with E-state index in [4.69, 9.17) is 0 Å². The summed E-state index contributed by atoms with van der Waals surface area (Å²) in [5.41, 5.74) is -1.18. The van der Waals surface area contributed by atoms with E-state index in [0.717, 1.165) is 6.07 Å². The van der Waals surface area contributed by atoms with Crippen LogP contribution >= 0.6 is 0 Å². The summed E-state index contributed by atoms with van der Waals surface area (Å²) < 4.78 is 61.4. The zero-order valence-electron chi connectivity index (χ0n) is 10.1. The molecule has 0 unspecified atom stereocenters. The van der Waals surface area contributed by atoms with Crippen LogP contribution in [0, 0.1) is 0 Å². The molecule has 0 N–H and O–H groups in total. The quantitative estimate of drug-likeness (QED) is 0.842. The van der Waals surface area contributed by atoms with E-state index in [1.165, 1.54) is 6.08 Å². The monoisotopic (exact) mass is 305 g/mol. The van der Waals surface area contributed by atoms with E-state index in [-0.39, 0.29) is 11.3 Å². The first kappa shape index (κ1) is 14.7. The predicted octanol–water partition coefficient (Wildman–Crippen LogP) is 2.51. The van der Waals surface area contributed by atoms with Gasteiger partial charge in [0.05, 0.1) is 4.90 Å². The standard InChI is InChI=1S/C12H10F3NO3S/c13-12(14,15)11-6-5-8(7-16-11)20(18,19)10-4-2-1-3-9(10)17/h4-7H,1-3H2. The van der Waals surface area contributed by atoms with Crippen LogP contribution in [-0.2, 0) is 20.8 Å². The van der Waals surface area contributed by atoms with Crippen molar-refractivity contribution in [3.8, 4) is 0 Å². The fourth-order valence-corrected chi connectivity index (χ4v) is 3.26. The molecule has 20 heavy (non-hydrogen) atoms. The Hall–Kier alpha value is -1.70. The first-order chi connectivity index (χ1) is 9.23. The minimum absolute atomic E-state index is 0.124. The predicted molar refractivity (Wildman–Crippen MR) is 63.4 cm³/mol. The number of pyridine rings is 1.